The first-order valence-corrected chi connectivity index (χ1v) is 11.8. The van der Waals surface area contributed by atoms with Gasteiger partial charge < -0.3 is 5.32 Å². The third-order valence-electron chi connectivity index (χ3n) is 5.75. The number of hydrogen-bond acceptors (Lipinski definition) is 4. The normalized spacial score (nSPS) is 21.1. The second kappa shape index (κ2) is 9.10. The van der Waals surface area contributed by atoms with Gasteiger partial charge in [-0.15, -0.1) is 23.2 Å². The van der Waals surface area contributed by atoms with Crippen LogP contribution in [-0.4, -0.2) is 22.1 Å². The van der Waals surface area contributed by atoms with E-state index in [0.717, 1.165) is 0 Å². The van der Waals surface area contributed by atoms with Crippen molar-refractivity contribution < 1.29 is 14.4 Å². The van der Waals surface area contributed by atoms with E-state index < -0.39 is 39.3 Å². The summed E-state index contributed by atoms with van der Waals surface area (Å²) in [5.41, 5.74) is 4.25. The van der Waals surface area contributed by atoms with E-state index in [2.05, 4.69) is 16.2 Å². The zero-order chi connectivity index (χ0) is 24.8. The Balaban J connectivity index is 1.44. The number of amides is 3. The lowest BCUT2D eigenvalue weighted by Crippen LogP contribution is -2.45. The number of carbonyl (C=O) groups is 3. The molecule has 34 heavy (non-hydrogen) atoms. The minimum atomic E-state index is -1.37. The number of hydrogen-bond donors (Lipinski definition) is 3. The maximum Gasteiger partial charge on any atom is 0.271 e. The number of alkyl halides is 2. The summed E-state index contributed by atoms with van der Waals surface area (Å²) in [7, 11) is 0. The standard InChI is InChI=1S/C22H15Cl5N4O3/c23-11-5-10(6-12(24)7-11)16-17(22(16,26)27)19(33)29-13-1-2-15(25)14(8-13)18(32)30-31-20(34)21(9-28)3-4-21/h1-2,5-8,16-17H,3-4H2,(H,29,33)(H,30,32)(H,31,34)/t16-,17?/m0/s1. The second-order valence-electron chi connectivity index (χ2n) is 8.12. The Kier molecular flexibility index (Phi) is 6.67. The number of nitriles is 1. The van der Waals surface area contributed by atoms with E-state index in [-0.39, 0.29) is 16.3 Å². The first-order valence-electron chi connectivity index (χ1n) is 9.95. The monoisotopic (exact) mass is 558 g/mol. The maximum atomic E-state index is 12.9. The number of nitrogens with one attached hydrogen (secondary N) is 3. The number of hydrazine groups is 1. The van der Waals surface area contributed by atoms with Crippen LogP contribution in [0.1, 0.15) is 34.7 Å². The van der Waals surface area contributed by atoms with Crippen LogP contribution in [0.25, 0.3) is 0 Å². The summed E-state index contributed by atoms with van der Waals surface area (Å²) < 4.78 is -1.37. The molecule has 2 aromatic carbocycles. The van der Waals surface area contributed by atoms with E-state index in [0.29, 0.717) is 28.5 Å². The van der Waals surface area contributed by atoms with Crippen molar-refractivity contribution in [1.29, 1.82) is 5.26 Å². The number of halogens is 5. The van der Waals surface area contributed by atoms with Crippen LogP contribution in [0.15, 0.2) is 36.4 Å². The molecule has 0 radical (unpaired) electrons. The van der Waals surface area contributed by atoms with Gasteiger partial charge in [-0.2, -0.15) is 5.26 Å². The Morgan fingerprint density at radius 1 is 0.971 bits per heavy atom. The highest BCUT2D eigenvalue weighted by atomic mass is 35.5. The Hall–Kier alpha value is -2.21. The summed E-state index contributed by atoms with van der Waals surface area (Å²) in [6, 6.07) is 11.0. The van der Waals surface area contributed by atoms with Gasteiger partial charge in [0.25, 0.3) is 11.8 Å². The van der Waals surface area contributed by atoms with Crippen LogP contribution in [-0.2, 0) is 9.59 Å². The molecule has 3 amide bonds. The van der Waals surface area contributed by atoms with Crippen molar-refractivity contribution in [3.63, 3.8) is 0 Å². The van der Waals surface area contributed by atoms with Crippen molar-refractivity contribution >= 4 is 81.4 Å². The lowest BCUT2D eigenvalue weighted by Gasteiger charge is -2.12. The van der Waals surface area contributed by atoms with Gasteiger partial charge >= 0.3 is 0 Å². The van der Waals surface area contributed by atoms with Gasteiger partial charge in [-0.05, 0) is 54.8 Å². The molecule has 7 nitrogen and oxygen atoms in total. The summed E-state index contributed by atoms with van der Waals surface area (Å²) in [6.07, 6.45) is 0.860. The largest absolute Gasteiger partial charge is 0.326 e. The molecule has 2 saturated carbocycles. The van der Waals surface area contributed by atoms with Gasteiger partial charge in [0.1, 0.15) is 9.75 Å². The van der Waals surface area contributed by atoms with Gasteiger partial charge in [-0.3, -0.25) is 25.2 Å². The van der Waals surface area contributed by atoms with Crippen LogP contribution in [0, 0.1) is 22.7 Å². The van der Waals surface area contributed by atoms with Crippen LogP contribution in [0.3, 0.4) is 0 Å². The Bertz CT molecular complexity index is 1240. The van der Waals surface area contributed by atoms with Crippen LogP contribution in [0.4, 0.5) is 5.69 Å². The van der Waals surface area contributed by atoms with Crippen molar-refractivity contribution in [2.45, 2.75) is 23.1 Å². The van der Waals surface area contributed by atoms with Gasteiger partial charge in [-0.1, -0.05) is 34.8 Å². The van der Waals surface area contributed by atoms with Crippen molar-refractivity contribution in [3.8, 4) is 6.07 Å². The van der Waals surface area contributed by atoms with Crippen LogP contribution in [0.2, 0.25) is 15.1 Å². The predicted octanol–water partition coefficient (Wildman–Crippen LogP) is 5.24. The molecule has 3 N–H and O–H groups in total. The van der Waals surface area contributed by atoms with Crippen molar-refractivity contribution in [2.75, 3.05) is 5.32 Å². The zero-order valence-electron chi connectivity index (χ0n) is 17.1. The highest BCUT2D eigenvalue weighted by molar-refractivity contribution is 6.53. The molecule has 2 atom stereocenters. The SMILES string of the molecule is N#CC1(C(=O)NNC(=O)c2cc(NC(=O)C3[C@H](c4cc(Cl)cc(Cl)c4)C3(Cl)Cl)ccc2Cl)CC1. The quantitative estimate of drug-likeness (QED) is 0.343. The maximum absolute atomic E-state index is 12.9. The molecule has 176 valence electrons. The van der Waals surface area contributed by atoms with Crippen molar-refractivity contribution in [1.82, 2.24) is 10.9 Å². The molecular formula is C22H15Cl5N4O3. The smallest absolute Gasteiger partial charge is 0.271 e. The average molecular weight is 561 g/mol. The fourth-order valence-electron chi connectivity index (χ4n) is 3.63. The zero-order valence-corrected chi connectivity index (χ0v) is 20.9. The summed E-state index contributed by atoms with van der Waals surface area (Å²) >= 11 is 31.0. The lowest BCUT2D eigenvalue weighted by molar-refractivity contribution is -0.125. The summed E-state index contributed by atoms with van der Waals surface area (Å²) in [4.78, 5) is 37.5. The molecule has 0 bridgehead atoms. The van der Waals surface area contributed by atoms with Gasteiger partial charge in [0.05, 0.1) is 22.6 Å². The molecule has 2 aliphatic rings. The molecule has 12 heteroatoms. The van der Waals surface area contributed by atoms with Crippen molar-refractivity contribution in [3.05, 3.63) is 62.6 Å². The highest BCUT2D eigenvalue weighted by Gasteiger charge is 2.67. The predicted molar refractivity (Wildman–Crippen MR) is 130 cm³/mol. The molecule has 0 aromatic heterocycles. The van der Waals surface area contributed by atoms with Gasteiger partial charge in [-0.25, -0.2) is 0 Å². The highest BCUT2D eigenvalue weighted by Crippen LogP contribution is 2.65. The van der Waals surface area contributed by atoms with Crippen LogP contribution >= 0.6 is 58.0 Å². The minimum absolute atomic E-state index is 0.00134. The van der Waals surface area contributed by atoms with E-state index in [1.54, 1.807) is 18.2 Å². The molecule has 2 aliphatic carbocycles. The molecule has 2 fully saturated rings. The topological polar surface area (TPSA) is 111 Å². The third-order valence-corrected chi connectivity index (χ3v) is 7.45. The molecule has 0 saturated heterocycles. The third kappa shape index (κ3) is 4.79. The molecule has 0 aliphatic heterocycles. The van der Waals surface area contributed by atoms with Gasteiger partial charge in [0.2, 0.25) is 5.91 Å². The molecule has 2 aromatic rings. The van der Waals surface area contributed by atoms with E-state index in [1.165, 1.54) is 18.2 Å². The van der Waals surface area contributed by atoms with Crippen LogP contribution < -0.4 is 16.2 Å². The first kappa shape index (κ1) is 24.9. The van der Waals surface area contributed by atoms with Gasteiger partial charge in [0.15, 0.2) is 0 Å². The van der Waals surface area contributed by atoms with Crippen molar-refractivity contribution in [2.24, 2.45) is 11.3 Å². The average Bonchev–Trinajstić information content (AvgIpc) is 3.67. The fourth-order valence-corrected chi connectivity index (χ4v) is 5.21. The fraction of sp³-hybridized carbons (Fsp3) is 0.273. The van der Waals surface area contributed by atoms with E-state index in [9.17, 15) is 14.4 Å². The van der Waals surface area contributed by atoms with E-state index in [4.69, 9.17) is 63.3 Å². The number of nitrogens with zero attached hydrogens (tertiary/aromatic N) is 1. The second-order valence-corrected chi connectivity index (χ2v) is 10.8. The molecule has 4 rings (SSSR count). The first-order chi connectivity index (χ1) is 16.0. The summed E-state index contributed by atoms with van der Waals surface area (Å²) in [6.45, 7) is 0. The number of anilines is 1. The molecule has 1 unspecified atom stereocenters. The number of carbonyl (C=O) groups excluding carboxylic acids is 3. The van der Waals surface area contributed by atoms with E-state index >= 15 is 0 Å². The molecule has 0 spiro atoms. The Morgan fingerprint density at radius 2 is 1.62 bits per heavy atom. The number of benzene rings is 2. The van der Waals surface area contributed by atoms with E-state index in [1.807, 2.05) is 6.07 Å². The lowest BCUT2D eigenvalue weighted by atomic mass is 10.1. The van der Waals surface area contributed by atoms with Crippen LogP contribution in [0.5, 0.6) is 0 Å². The Morgan fingerprint density at radius 3 is 2.21 bits per heavy atom. The summed E-state index contributed by atoms with van der Waals surface area (Å²) in [5.74, 6) is -3.11. The molecule has 0 heterocycles. The molecular weight excluding hydrogens is 546 g/mol. The van der Waals surface area contributed by atoms with Gasteiger partial charge in [0, 0.05) is 21.7 Å². The minimum Gasteiger partial charge on any atom is -0.326 e. The number of rotatable bonds is 5. The summed E-state index contributed by atoms with van der Waals surface area (Å²) in [5, 5.41) is 12.6. The Labute approximate surface area is 219 Å².